The first-order valence-corrected chi connectivity index (χ1v) is 10.1. The number of hydrogen-bond acceptors (Lipinski definition) is 4. The Morgan fingerprint density at radius 2 is 1.93 bits per heavy atom. The lowest BCUT2D eigenvalue weighted by Gasteiger charge is -2.15. The third-order valence-corrected chi connectivity index (χ3v) is 6.18. The van der Waals surface area contributed by atoms with Crippen molar-refractivity contribution in [1.29, 1.82) is 0 Å². The van der Waals surface area contributed by atoms with Gasteiger partial charge in [-0.1, -0.05) is 25.0 Å². The Kier molecular flexibility index (Phi) is 4.15. The van der Waals surface area contributed by atoms with E-state index >= 15 is 0 Å². The molecule has 1 N–H and O–H groups in total. The number of rotatable bonds is 3. The van der Waals surface area contributed by atoms with Gasteiger partial charge in [-0.15, -0.1) is 0 Å². The topological polar surface area (TPSA) is 72.8 Å². The normalized spacial score (nSPS) is 14.9. The minimum Gasteiger partial charge on any atom is -0.481 e. The van der Waals surface area contributed by atoms with Crippen LogP contribution in [0.4, 0.5) is 0 Å². The predicted octanol–water partition coefficient (Wildman–Crippen LogP) is 4.68. The molecule has 5 rings (SSSR count). The molecule has 1 aromatic carbocycles. The van der Waals surface area contributed by atoms with Gasteiger partial charge < -0.3 is 9.72 Å². The number of nitrogens with one attached hydrogen (secondary N) is 1. The van der Waals surface area contributed by atoms with Crippen molar-refractivity contribution in [2.45, 2.75) is 45.6 Å². The summed E-state index contributed by atoms with van der Waals surface area (Å²) in [5.74, 6) is 0.619. The van der Waals surface area contributed by atoms with Gasteiger partial charge >= 0.3 is 0 Å². The molecule has 0 amide bonds. The fraction of sp³-hybridized carbons (Fsp3) is 0.348. The maximum atomic E-state index is 12.8. The third-order valence-electron chi connectivity index (χ3n) is 6.18. The number of aromatic nitrogens is 4. The molecular weight excluding hydrogens is 364 g/mol. The van der Waals surface area contributed by atoms with Gasteiger partial charge in [-0.2, -0.15) is 5.10 Å². The summed E-state index contributed by atoms with van der Waals surface area (Å²) in [6.07, 6.45) is 8.23. The van der Waals surface area contributed by atoms with Crippen molar-refractivity contribution < 1.29 is 4.74 Å². The summed E-state index contributed by atoms with van der Waals surface area (Å²) >= 11 is 0. The van der Waals surface area contributed by atoms with Gasteiger partial charge in [0.1, 0.15) is 0 Å². The number of aromatic amines is 1. The maximum absolute atomic E-state index is 12.8. The van der Waals surface area contributed by atoms with Crippen LogP contribution >= 0.6 is 0 Å². The van der Waals surface area contributed by atoms with Crippen molar-refractivity contribution in [1.82, 2.24) is 19.7 Å². The van der Waals surface area contributed by atoms with Crippen LogP contribution in [0, 0.1) is 13.8 Å². The molecule has 4 aromatic rings. The molecule has 6 nitrogen and oxygen atoms in total. The third kappa shape index (κ3) is 2.74. The van der Waals surface area contributed by atoms with E-state index in [4.69, 9.17) is 4.74 Å². The molecule has 0 radical (unpaired) electrons. The van der Waals surface area contributed by atoms with Gasteiger partial charge in [0.25, 0.3) is 5.56 Å². The number of pyridine rings is 2. The molecule has 29 heavy (non-hydrogen) atoms. The first kappa shape index (κ1) is 17.9. The molecule has 3 heterocycles. The lowest BCUT2D eigenvalue weighted by molar-refractivity contribution is 0.394. The highest BCUT2D eigenvalue weighted by molar-refractivity contribution is 6.04. The van der Waals surface area contributed by atoms with Crippen molar-refractivity contribution in [2.24, 2.45) is 0 Å². The Labute approximate surface area is 168 Å². The zero-order valence-electron chi connectivity index (χ0n) is 17.0. The molecular formula is C23H24N4O2. The van der Waals surface area contributed by atoms with Crippen molar-refractivity contribution in [3.63, 3.8) is 0 Å². The molecule has 0 aliphatic heterocycles. The molecule has 6 heteroatoms. The lowest BCUT2D eigenvalue weighted by atomic mass is 9.96. The van der Waals surface area contributed by atoms with Gasteiger partial charge in [0.05, 0.1) is 35.8 Å². The van der Waals surface area contributed by atoms with Crippen LogP contribution in [0.15, 0.2) is 35.4 Å². The summed E-state index contributed by atoms with van der Waals surface area (Å²) in [6, 6.07) is 6.64. The molecule has 0 bridgehead atoms. The van der Waals surface area contributed by atoms with Gasteiger partial charge in [0.2, 0.25) is 5.88 Å². The van der Waals surface area contributed by atoms with E-state index in [9.17, 15) is 4.79 Å². The second-order valence-electron chi connectivity index (χ2n) is 7.95. The summed E-state index contributed by atoms with van der Waals surface area (Å²) in [5.41, 5.74) is 5.87. The highest BCUT2D eigenvalue weighted by Gasteiger charge is 2.22. The first-order valence-electron chi connectivity index (χ1n) is 10.1. The van der Waals surface area contributed by atoms with Crippen LogP contribution in [0.1, 0.15) is 42.9 Å². The van der Waals surface area contributed by atoms with E-state index in [1.807, 2.05) is 20.0 Å². The second kappa shape index (κ2) is 6.72. The summed E-state index contributed by atoms with van der Waals surface area (Å²) in [6.45, 7) is 4.06. The van der Waals surface area contributed by atoms with E-state index in [0.29, 0.717) is 17.3 Å². The predicted molar refractivity (Wildman–Crippen MR) is 115 cm³/mol. The van der Waals surface area contributed by atoms with Crippen molar-refractivity contribution >= 4 is 21.8 Å². The Balaban J connectivity index is 1.76. The number of methoxy groups -OCH3 is 1. The largest absolute Gasteiger partial charge is 0.481 e. The van der Waals surface area contributed by atoms with Crippen molar-refractivity contribution in [2.75, 3.05) is 7.11 Å². The van der Waals surface area contributed by atoms with Gasteiger partial charge in [0.15, 0.2) is 0 Å². The Bertz CT molecular complexity index is 1300. The number of H-pyrrole nitrogens is 1. The molecule has 1 saturated carbocycles. The Hall–Kier alpha value is -3.15. The average Bonchev–Trinajstić information content (AvgIpc) is 3.38. The Morgan fingerprint density at radius 1 is 1.14 bits per heavy atom. The van der Waals surface area contributed by atoms with Gasteiger partial charge in [0, 0.05) is 17.1 Å². The molecule has 148 valence electrons. The minimum atomic E-state index is -0.0883. The van der Waals surface area contributed by atoms with Crippen LogP contribution in [0.2, 0.25) is 0 Å². The second-order valence-corrected chi connectivity index (χ2v) is 7.95. The molecule has 0 saturated heterocycles. The zero-order chi connectivity index (χ0) is 20.1. The summed E-state index contributed by atoms with van der Waals surface area (Å²) in [7, 11) is 1.63. The van der Waals surface area contributed by atoms with E-state index < -0.39 is 0 Å². The molecule has 3 aromatic heterocycles. The van der Waals surface area contributed by atoms with E-state index in [2.05, 4.69) is 37.9 Å². The molecule has 0 unspecified atom stereocenters. The SMILES string of the molecule is COc1ncc(C)c(-c2ccc3c(c2)[nH]c(=O)c2cnn(C4CCCC4)c23)c1C. The zero-order valence-corrected chi connectivity index (χ0v) is 17.0. The van der Waals surface area contributed by atoms with E-state index in [-0.39, 0.29) is 5.56 Å². The van der Waals surface area contributed by atoms with Crippen LogP contribution in [-0.2, 0) is 0 Å². The van der Waals surface area contributed by atoms with Crippen molar-refractivity contribution in [3.8, 4) is 17.0 Å². The highest BCUT2D eigenvalue weighted by Crippen LogP contribution is 2.36. The van der Waals surface area contributed by atoms with Gasteiger partial charge in [-0.3, -0.25) is 9.48 Å². The standard InChI is InChI=1S/C23H24N4O2/c1-13-11-24-23(29-3)14(2)20(13)15-8-9-17-19(10-15)26-22(28)18-12-25-27(21(17)18)16-6-4-5-7-16/h8-12,16H,4-7H2,1-3H3,(H,26,28). The van der Waals surface area contributed by atoms with Crippen LogP contribution in [0.25, 0.3) is 32.9 Å². The summed E-state index contributed by atoms with van der Waals surface area (Å²) in [5, 5.41) is 6.29. The molecule has 0 atom stereocenters. The lowest BCUT2D eigenvalue weighted by Crippen LogP contribution is -2.10. The fourth-order valence-electron chi connectivity index (χ4n) is 4.79. The fourth-order valence-corrected chi connectivity index (χ4v) is 4.79. The Morgan fingerprint density at radius 3 is 2.69 bits per heavy atom. The summed E-state index contributed by atoms with van der Waals surface area (Å²) < 4.78 is 7.48. The van der Waals surface area contributed by atoms with Gasteiger partial charge in [-0.05, 0) is 49.4 Å². The number of benzene rings is 1. The van der Waals surface area contributed by atoms with Gasteiger partial charge in [-0.25, -0.2) is 4.98 Å². The molecule has 1 aliphatic carbocycles. The van der Waals surface area contributed by atoms with Crippen LogP contribution < -0.4 is 10.3 Å². The maximum Gasteiger partial charge on any atom is 0.259 e. The van der Waals surface area contributed by atoms with E-state index in [1.165, 1.54) is 12.8 Å². The first-order chi connectivity index (χ1) is 14.1. The molecule has 0 spiro atoms. The number of hydrogen-bond donors (Lipinski definition) is 1. The molecule has 1 aliphatic rings. The number of nitrogens with zero attached hydrogens (tertiary/aromatic N) is 3. The van der Waals surface area contributed by atoms with E-state index in [0.717, 1.165) is 51.5 Å². The smallest absolute Gasteiger partial charge is 0.259 e. The highest BCUT2D eigenvalue weighted by atomic mass is 16.5. The minimum absolute atomic E-state index is 0.0883. The average molecular weight is 388 g/mol. The van der Waals surface area contributed by atoms with Crippen LogP contribution in [-0.4, -0.2) is 26.9 Å². The van der Waals surface area contributed by atoms with Crippen LogP contribution in [0.3, 0.4) is 0 Å². The quantitative estimate of drug-likeness (QED) is 0.553. The monoisotopic (exact) mass is 388 g/mol. The van der Waals surface area contributed by atoms with Crippen molar-refractivity contribution in [3.05, 3.63) is 52.1 Å². The number of aryl methyl sites for hydroxylation is 1. The number of ether oxygens (including phenoxy) is 1. The van der Waals surface area contributed by atoms with E-state index in [1.54, 1.807) is 13.3 Å². The number of fused-ring (bicyclic) bond motifs is 3. The van der Waals surface area contributed by atoms with Crippen LogP contribution in [0.5, 0.6) is 5.88 Å². The molecule has 1 fully saturated rings. The summed E-state index contributed by atoms with van der Waals surface area (Å²) in [4.78, 5) is 20.2.